The fourth-order valence-corrected chi connectivity index (χ4v) is 0.977. The third kappa shape index (κ3) is 0.881. The van der Waals surface area contributed by atoms with Crippen molar-refractivity contribution in [3.63, 3.8) is 0 Å². The smallest absolute Gasteiger partial charge is 0.142 e. The Kier molecular flexibility index (Phi) is 1.18. The van der Waals surface area contributed by atoms with Crippen LogP contribution in [0, 0.1) is 0 Å². The van der Waals surface area contributed by atoms with E-state index in [9.17, 15) is 5.11 Å². The van der Waals surface area contributed by atoms with Gasteiger partial charge in [-0.15, -0.1) is 0 Å². The van der Waals surface area contributed by atoms with Crippen LogP contribution in [0.5, 0.6) is 5.75 Å². The molecule has 4 nitrogen and oxygen atoms in total. The molecule has 2 aromatic rings. The Morgan fingerprint density at radius 2 is 2.27 bits per heavy atom. The highest BCUT2D eigenvalue weighted by molar-refractivity contribution is 5.65. The van der Waals surface area contributed by atoms with E-state index < -0.39 is 0 Å². The van der Waals surface area contributed by atoms with E-state index in [1.165, 1.54) is 6.20 Å². The van der Waals surface area contributed by atoms with Crippen molar-refractivity contribution in [2.45, 2.75) is 0 Å². The average Bonchev–Trinajstić information content (AvgIpc) is 2.55. The Labute approximate surface area is 62.9 Å². The van der Waals surface area contributed by atoms with Crippen LogP contribution in [-0.2, 0) is 0 Å². The Bertz CT molecular complexity index is 336. The van der Waals surface area contributed by atoms with Crippen molar-refractivity contribution in [2.75, 3.05) is 0 Å². The number of rotatable bonds is 1. The minimum atomic E-state index is 0.231. The Hall–Kier alpha value is -1.71. The van der Waals surface area contributed by atoms with E-state index in [0.29, 0.717) is 0 Å². The number of H-pyrrole nitrogens is 2. The average molecular weight is 149 g/mol. The fraction of sp³-hybridized carbons (Fsp3) is 0. The summed E-state index contributed by atoms with van der Waals surface area (Å²) in [4.78, 5) is 2.79. The minimum absolute atomic E-state index is 0.231. The second kappa shape index (κ2) is 2.16. The summed E-state index contributed by atoms with van der Waals surface area (Å²) in [5.74, 6) is 0.231. The molecule has 2 rings (SSSR count). The summed E-state index contributed by atoms with van der Waals surface area (Å²) in [6.07, 6.45) is 4.88. The summed E-state index contributed by atoms with van der Waals surface area (Å²) >= 11 is 0. The van der Waals surface area contributed by atoms with Crippen molar-refractivity contribution in [3.8, 4) is 17.0 Å². The summed E-state index contributed by atoms with van der Waals surface area (Å²) < 4.78 is 0. The molecule has 0 aliphatic rings. The van der Waals surface area contributed by atoms with Crippen molar-refractivity contribution < 1.29 is 5.11 Å². The Morgan fingerprint density at radius 3 is 2.82 bits per heavy atom. The second-order valence-corrected chi connectivity index (χ2v) is 2.22. The summed E-state index contributed by atoms with van der Waals surface area (Å²) in [5.41, 5.74) is 1.55. The molecule has 2 aromatic heterocycles. The molecule has 0 bridgehead atoms. The van der Waals surface area contributed by atoms with Crippen LogP contribution in [0.4, 0.5) is 0 Å². The standard InChI is InChI=1S/C7H7N3O/c11-7-4-8-3-5(7)6-1-2-9-10-6/h1-4,8,11H,(H,9,10). The van der Waals surface area contributed by atoms with E-state index in [-0.39, 0.29) is 5.75 Å². The Morgan fingerprint density at radius 1 is 1.36 bits per heavy atom. The van der Waals surface area contributed by atoms with Crippen LogP contribution >= 0.6 is 0 Å². The third-order valence-electron chi connectivity index (χ3n) is 1.51. The van der Waals surface area contributed by atoms with Gasteiger partial charge in [-0.1, -0.05) is 0 Å². The molecular formula is C7H7N3O. The van der Waals surface area contributed by atoms with Crippen LogP contribution in [0.25, 0.3) is 11.3 Å². The van der Waals surface area contributed by atoms with E-state index in [0.717, 1.165) is 11.3 Å². The Balaban J connectivity index is 2.53. The third-order valence-corrected chi connectivity index (χ3v) is 1.51. The van der Waals surface area contributed by atoms with Crippen LogP contribution in [0.15, 0.2) is 24.7 Å². The molecule has 0 aliphatic heterocycles. The maximum atomic E-state index is 9.24. The number of hydrogen-bond donors (Lipinski definition) is 3. The van der Waals surface area contributed by atoms with Gasteiger partial charge in [-0.05, 0) is 6.07 Å². The second-order valence-electron chi connectivity index (χ2n) is 2.22. The van der Waals surface area contributed by atoms with E-state index in [1.807, 2.05) is 0 Å². The van der Waals surface area contributed by atoms with Gasteiger partial charge in [-0.2, -0.15) is 5.10 Å². The van der Waals surface area contributed by atoms with Gasteiger partial charge in [0.1, 0.15) is 5.75 Å². The number of aromatic nitrogens is 3. The molecule has 0 atom stereocenters. The van der Waals surface area contributed by atoms with Crippen LogP contribution in [0.1, 0.15) is 0 Å². The van der Waals surface area contributed by atoms with Crippen molar-refractivity contribution in [1.29, 1.82) is 0 Å². The fourth-order valence-electron chi connectivity index (χ4n) is 0.977. The van der Waals surface area contributed by atoms with Crippen LogP contribution in [0.3, 0.4) is 0 Å². The summed E-state index contributed by atoms with van der Waals surface area (Å²) in [7, 11) is 0. The van der Waals surface area contributed by atoms with Crippen LogP contribution in [-0.4, -0.2) is 20.3 Å². The monoisotopic (exact) mass is 149 g/mol. The molecule has 0 amide bonds. The summed E-state index contributed by atoms with van der Waals surface area (Å²) in [6.45, 7) is 0. The first kappa shape index (κ1) is 6.03. The number of aromatic hydroxyl groups is 1. The lowest BCUT2D eigenvalue weighted by molar-refractivity contribution is 0.478. The van der Waals surface area contributed by atoms with Gasteiger partial charge in [0, 0.05) is 18.6 Å². The van der Waals surface area contributed by atoms with Gasteiger partial charge in [0.05, 0.1) is 11.3 Å². The SMILES string of the molecule is Oc1c[nH]cc1-c1ccn[nH]1. The molecule has 0 unspecified atom stereocenters. The molecule has 11 heavy (non-hydrogen) atoms. The largest absolute Gasteiger partial charge is 0.506 e. The first-order chi connectivity index (χ1) is 5.38. The molecule has 0 saturated heterocycles. The highest BCUT2D eigenvalue weighted by Gasteiger charge is 2.04. The molecule has 0 saturated carbocycles. The van der Waals surface area contributed by atoms with Crippen molar-refractivity contribution in [2.24, 2.45) is 0 Å². The van der Waals surface area contributed by atoms with Crippen molar-refractivity contribution in [3.05, 3.63) is 24.7 Å². The van der Waals surface area contributed by atoms with Gasteiger partial charge in [0.2, 0.25) is 0 Å². The lowest BCUT2D eigenvalue weighted by Crippen LogP contribution is -1.73. The number of hydrogen-bond acceptors (Lipinski definition) is 2. The van der Waals surface area contributed by atoms with E-state index >= 15 is 0 Å². The highest BCUT2D eigenvalue weighted by Crippen LogP contribution is 2.25. The summed E-state index contributed by atoms with van der Waals surface area (Å²) in [6, 6.07) is 1.79. The predicted octanol–water partition coefficient (Wildman–Crippen LogP) is 1.11. The van der Waals surface area contributed by atoms with Gasteiger partial charge in [-0.25, -0.2) is 0 Å². The van der Waals surface area contributed by atoms with Gasteiger partial charge >= 0.3 is 0 Å². The maximum Gasteiger partial charge on any atom is 0.142 e. The molecule has 3 N–H and O–H groups in total. The lowest BCUT2D eigenvalue weighted by atomic mass is 10.2. The topological polar surface area (TPSA) is 64.7 Å². The molecule has 0 spiro atoms. The first-order valence-electron chi connectivity index (χ1n) is 3.23. The number of aromatic amines is 2. The molecule has 56 valence electrons. The van der Waals surface area contributed by atoms with E-state index in [1.54, 1.807) is 18.5 Å². The molecule has 0 radical (unpaired) electrons. The molecule has 2 heterocycles. The molecule has 0 fully saturated rings. The molecule has 0 aliphatic carbocycles. The zero-order chi connectivity index (χ0) is 7.68. The van der Waals surface area contributed by atoms with E-state index in [4.69, 9.17) is 0 Å². The van der Waals surface area contributed by atoms with Gasteiger partial charge in [0.25, 0.3) is 0 Å². The maximum absolute atomic E-state index is 9.24. The number of nitrogens with zero attached hydrogens (tertiary/aromatic N) is 1. The zero-order valence-corrected chi connectivity index (χ0v) is 5.70. The van der Waals surface area contributed by atoms with E-state index in [2.05, 4.69) is 15.2 Å². The zero-order valence-electron chi connectivity index (χ0n) is 5.70. The quantitative estimate of drug-likeness (QED) is 0.568. The molecular weight excluding hydrogens is 142 g/mol. The van der Waals surface area contributed by atoms with Crippen LogP contribution in [0.2, 0.25) is 0 Å². The lowest BCUT2D eigenvalue weighted by Gasteiger charge is -1.90. The van der Waals surface area contributed by atoms with Gasteiger partial charge in [-0.3, -0.25) is 5.10 Å². The van der Waals surface area contributed by atoms with Crippen molar-refractivity contribution >= 4 is 0 Å². The predicted molar refractivity (Wildman–Crippen MR) is 40.0 cm³/mol. The first-order valence-corrected chi connectivity index (χ1v) is 3.23. The molecule has 0 aromatic carbocycles. The van der Waals surface area contributed by atoms with Crippen LogP contribution < -0.4 is 0 Å². The normalized spacial score (nSPS) is 10.2. The van der Waals surface area contributed by atoms with Crippen molar-refractivity contribution in [1.82, 2.24) is 15.2 Å². The highest BCUT2D eigenvalue weighted by atomic mass is 16.3. The van der Waals surface area contributed by atoms with Gasteiger partial charge < -0.3 is 10.1 Å². The number of nitrogens with one attached hydrogen (secondary N) is 2. The minimum Gasteiger partial charge on any atom is -0.506 e. The summed E-state index contributed by atoms with van der Waals surface area (Å²) in [5, 5.41) is 15.8. The van der Waals surface area contributed by atoms with Gasteiger partial charge in [0.15, 0.2) is 0 Å². The molecule has 4 heteroatoms.